The third-order valence-corrected chi connectivity index (χ3v) is 5.57. The van der Waals surface area contributed by atoms with Gasteiger partial charge in [0.25, 0.3) is 0 Å². The van der Waals surface area contributed by atoms with Crippen LogP contribution in [-0.4, -0.2) is 40.4 Å². The van der Waals surface area contributed by atoms with Gasteiger partial charge in [-0.05, 0) is 52.8 Å². The van der Waals surface area contributed by atoms with Crippen molar-refractivity contribution < 1.29 is 0 Å². The molecule has 0 radical (unpaired) electrons. The predicted molar refractivity (Wildman–Crippen MR) is 93.4 cm³/mol. The molecule has 0 bridgehead atoms. The van der Waals surface area contributed by atoms with E-state index in [9.17, 15) is 0 Å². The smallest absolute Gasteiger partial charge is 0.210 e. The highest BCUT2D eigenvalue weighted by Gasteiger charge is 2.24. The quantitative estimate of drug-likeness (QED) is 0.649. The summed E-state index contributed by atoms with van der Waals surface area (Å²) in [7, 11) is 0. The Labute approximate surface area is 150 Å². The number of hydrogen-bond acceptors (Lipinski definition) is 7. The number of aromatic nitrogens is 8. The molecule has 3 aromatic rings. The summed E-state index contributed by atoms with van der Waals surface area (Å²) in [5, 5.41) is 25.4. The fourth-order valence-corrected chi connectivity index (χ4v) is 4.18. The van der Waals surface area contributed by atoms with Crippen molar-refractivity contribution in [1.82, 2.24) is 40.4 Å². The average molecular weight is 356 g/mol. The lowest BCUT2D eigenvalue weighted by Crippen LogP contribution is -2.15. The molecule has 0 aliphatic heterocycles. The van der Waals surface area contributed by atoms with Gasteiger partial charge in [-0.25, -0.2) is 4.68 Å². The Morgan fingerprint density at radius 2 is 1.76 bits per heavy atom. The Hall–Kier alpha value is -2.29. The van der Waals surface area contributed by atoms with Crippen molar-refractivity contribution >= 4 is 11.8 Å². The van der Waals surface area contributed by atoms with Crippen LogP contribution in [0.3, 0.4) is 0 Å². The largest absolute Gasteiger partial charge is 0.217 e. The number of nitrogens with zero attached hydrogens (tertiary/aromatic N) is 8. The van der Waals surface area contributed by atoms with E-state index in [1.165, 1.54) is 19.3 Å². The molecule has 1 aliphatic carbocycles. The molecule has 4 rings (SSSR count). The Morgan fingerprint density at radius 3 is 2.56 bits per heavy atom. The summed E-state index contributed by atoms with van der Waals surface area (Å²) in [5.74, 6) is 0.786. The summed E-state index contributed by atoms with van der Waals surface area (Å²) >= 11 is 1.60. The minimum atomic E-state index is 0.0311. The normalized spacial score (nSPS) is 16.8. The van der Waals surface area contributed by atoms with Crippen LogP contribution in [0, 0.1) is 0 Å². The monoisotopic (exact) mass is 356 g/mol. The van der Waals surface area contributed by atoms with E-state index in [1.54, 1.807) is 16.4 Å². The summed E-state index contributed by atoms with van der Waals surface area (Å²) in [6.07, 6.45) is 6.10. The van der Waals surface area contributed by atoms with Crippen LogP contribution in [0.5, 0.6) is 0 Å². The van der Waals surface area contributed by atoms with Crippen molar-refractivity contribution in [1.29, 1.82) is 0 Å². The molecule has 1 saturated carbocycles. The van der Waals surface area contributed by atoms with Crippen molar-refractivity contribution in [3.05, 3.63) is 36.2 Å². The summed E-state index contributed by atoms with van der Waals surface area (Å²) in [6, 6.07) is 10.3. The molecule has 0 amide bonds. The van der Waals surface area contributed by atoms with Crippen LogP contribution in [0.1, 0.15) is 56.1 Å². The molecular formula is C16H20N8S. The number of para-hydroxylation sites is 1. The van der Waals surface area contributed by atoms with Crippen LogP contribution >= 0.6 is 11.8 Å². The second-order valence-corrected chi connectivity index (χ2v) is 7.55. The number of tetrazole rings is 2. The Balaban J connectivity index is 1.55. The molecule has 2 heterocycles. The zero-order chi connectivity index (χ0) is 17.1. The highest BCUT2D eigenvalue weighted by Crippen LogP contribution is 2.36. The Bertz CT molecular complexity index is 808. The van der Waals surface area contributed by atoms with Crippen molar-refractivity contribution in [2.75, 3.05) is 0 Å². The van der Waals surface area contributed by atoms with Crippen LogP contribution in [0.2, 0.25) is 0 Å². The van der Waals surface area contributed by atoms with Crippen molar-refractivity contribution in [2.45, 2.75) is 55.5 Å². The average Bonchev–Trinajstić information content (AvgIpc) is 3.32. The molecule has 25 heavy (non-hydrogen) atoms. The van der Waals surface area contributed by atoms with Gasteiger partial charge in [-0.2, -0.15) is 4.68 Å². The first-order chi connectivity index (χ1) is 12.3. The molecule has 130 valence electrons. The van der Waals surface area contributed by atoms with Gasteiger partial charge in [0.2, 0.25) is 5.16 Å². The molecule has 8 nitrogen and oxygen atoms in total. The van der Waals surface area contributed by atoms with E-state index < -0.39 is 0 Å². The third-order valence-electron chi connectivity index (χ3n) is 4.52. The van der Waals surface area contributed by atoms with E-state index in [0.29, 0.717) is 6.04 Å². The van der Waals surface area contributed by atoms with Crippen molar-refractivity contribution in [2.24, 2.45) is 0 Å². The van der Waals surface area contributed by atoms with Gasteiger partial charge in [0.15, 0.2) is 5.82 Å². The molecule has 1 aromatic carbocycles. The van der Waals surface area contributed by atoms with E-state index in [0.717, 1.165) is 29.5 Å². The second kappa shape index (κ2) is 7.30. The highest BCUT2D eigenvalue weighted by molar-refractivity contribution is 7.99. The fraction of sp³-hybridized carbons (Fsp3) is 0.500. The standard InChI is InChI=1S/C16H20N8S/c1-12(15-17-19-21-23(15)13-8-4-2-5-9-13)25-16-18-20-22-24(16)14-10-6-3-7-11-14/h2,4-5,8-9,12,14H,3,6-7,10-11H2,1H3. The number of hydrogen-bond donors (Lipinski definition) is 0. The van der Waals surface area contributed by atoms with Gasteiger partial charge in [0.1, 0.15) is 0 Å². The van der Waals surface area contributed by atoms with Crippen LogP contribution in [0.15, 0.2) is 35.5 Å². The summed E-state index contributed by atoms with van der Waals surface area (Å²) in [6.45, 7) is 2.08. The lowest BCUT2D eigenvalue weighted by molar-refractivity contribution is 0.307. The number of rotatable bonds is 5. The van der Waals surface area contributed by atoms with E-state index in [1.807, 2.05) is 35.0 Å². The SMILES string of the molecule is CC(Sc1nnnn1C1CCCCC1)c1nnnn1-c1ccccc1. The minimum absolute atomic E-state index is 0.0311. The summed E-state index contributed by atoms with van der Waals surface area (Å²) in [5.41, 5.74) is 0.946. The Kier molecular flexibility index (Phi) is 4.73. The molecule has 1 atom stereocenters. The van der Waals surface area contributed by atoms with E-state index in [4.69, 9.17) is 0 Å². The lowest BCUT2D eigenvalue weighted by Gasteiger charge is -2.22. The zero-order valence-electron chi connectivity index (χ0n) is 14.1. The van der Waals surface area contributed by atoms with Crippen LogP contribution in [0.25, 0.3) is 5.69 Å². The maximum atomic E-state index is 4.23. The van der Waals surface area contributed by atoms with Gasteiger partial charge >= 0.3 is 0 Å². The summed E-state index contributed by atoms with van der Waals surface area (Å²) in [4.78, 5) is 0. The fourth-order valence-electron chi connectivity index (χ4n) is 3.23. The van der Waals surface area contributed by atoms with Gasteiger partial charge in [-0.3, -0.25) is 0 Å². The lowest BCUT2D eigenvalue weighted by atomic mass is 9.96. The van der Waals surface area contributed by atoms with Crippen molar-refractivity contribution in [3.63, 3.8) is 0 Å². The second-order valence-electron chi connectivity index (χ2n) is 6.24. The van der Waals surface area contributed by atoms with E-state index >= 15 is 0 Å². The molecule has 0 spiro atoms. The molecule has 1 unspecified atom stereocenters. The van der Waals surface area contributed by atoms with Crippen molar-refractivity contribution in [3.8, 4) is 5.69 Å². The molecule has 1 aliphatic rings. The first-order valence-electron chi connectivity index (χ1n) is 8.61. The highest BCUT2D eigenvalue weighted by atomic mass is 32.2. The molecule has 0 saturated heterocycles. The topological polar surface area (TPSA) is 87.2 Å². The minimum Gasteiger partial charge on any atom is -0.217 e. The van der Waals surface area contributed by atoms with Gasteiger partial charge in [0.05, 0.1) is 17.0 Å². The van der Waals surface area contributed by atoms with E-state index in [-0.39, 0.29) is 5.25 Å². The van der Waals surface area contributed by atoms with Crippen LogP contribution in [-0.2, 0) is 0 Å². The predicted octanol–water partition coefficient (Wildman–Crippen LogP) is 3.01. The van der Waals surface area contributed by atoms with Gasteiger partial charge < -0.3 is 0 Å². The van der Waals surface area contributed by atoms with Gasteiger partial charge in [0, 0.05) is 0 Å². The first-order valence-corrected chi connectivity index (χ1v) is 9.49. The van der Waals surface area contributed by atoms with Crippen LogP contribution in [0.4, 0.5) is 0 Å². The molecule has 9 heteroatoms. The molecule has 2 aromatic heterocycles. The van der Waals surface area contributed by atoms with Gasteiger partial charge in [-0.15, -0.1) is 10.2 Å². The molecule has 0 N–H and O–H groups in total. The van der Waals surface area contributed by atoms with E-state index in [2.05, 4.69) is 38.0 Å². The molecule has 1 fully saturated rings. The summed E-state index contributed by atoms with van der Waals surface area (Å²) < 4.78 is 3.75. The van der Waals surface area contributed by atoms with Gasteiger partial charge in [-0.1, -0.05) is 49.2 Å². The third kappa shape index (κ3) is 3.41. The molecular weight excluding hydrogens is 336 g/mol. The number of benzene rings is 1. The first kappa shape index (κ1) is 16.2. The number of thioether (sulfide) groups is 1. The zero-order valence-corrected chi connectivity index (χ0v) is 14.9. The maximum Gasteiger partial charge on any atom is 0.210 e. The maximum absolute atomic E-state index is 4.23. The van der Waals surface area contributed by atoms with Crippen LogP contribution < -0.4 is 0 Å². The Morgan fingerprint density at radius 1 is 1.00 bits per heavy atom.